The number of carbonyl (C=O) groups is 1. The van der Waals surface area contributed by atoms with Gasteiger partial charge in [-0.1, -0.05) is 6.92 Å². The van der Waals surface area contributed by atoms with Crippen LogP contribution in [0.3, 0.4) is 0 Å². The summed E-state index contributed by atoms with van der Waals surface area (Å²) in [6.45, 7) is 2.97. The number of nitrogens with one attached hydrogen (secondary N) is 2. The van der Waals surface area contributed by atoms with E-state index in [0.717, 1.165) is 31.6 Å². The zero-order chi connectivity index (χ0) is 13.7. The second kappa shape index (κ2) is 6.43. The Morgan fingerprint density at radius 2 is 2.05 bits per heavy atom. The molecule has 19 heavy (non-hydrogen) atoms. The summed E-state index contributed by atoms with van der Waals surface area (Å²) in [5.74, 6) is 0. The highest BCUT2D eigenvalue weighted by Crippen LogP contribution is 2.21. The van der Waals surface area contributed by atoms with E-state index in [9.17, 15) is 4.79 Å². The van der Waals surface area contributed by atoms with E-state index in [-0.39, 0.29) is 0 Å². The minimum atomic E-state index is -0.545. The van der Waals surface area contributed by atoms with Crippen LogP contribution >= 0.6 is 0 Å². The molecule has 0 aromatic heterocycles. The standard InChI is InChI=1S/C14H21N3O2/c1-2-13-9-12(7-8-19-13)16-10-3-5-11(6-4-10)17-14(15)18/h3-6,12-13,16H,2,7-9H2,1H3,(H3,15,17,18). The average molecular weight is 263 g/mol. The van der Waals surface area contributed by atoms with Crippen molar-refractivity contribution in [3.05, 3.63) is 24.3 Å². The molecule has 1 fully saturated rings. The molecule has 4 N–H and O–H groups in total. The molecule has 2 unspecified atom stereocenters. The van der Waals surface area contributed by atoms with Crippen LogP contribution < -0.4 is 16.4 Å². The highest BCUT2D eigenvalue weighted by Gasteiger charge is 2.20. The smallest absolute Gasteiger partial charge is 0.316 e. The van der Waals surface area contributed by atoms with Gasteiger partial charge in [-0.05, 0) is 43.5 Å². The first-order valence-corrected chi connectivity index (χ1v) is 6.72. The van der Waals surface area contributed by atoms with Crippen molar-refractivity contribution in [2.45, 2.75) is 38.3 Å². The normalized spacial score (nSPS) is 22.8. The molecular formula is C14H21N3O2. The Labute approximate surface area is 113 Å². The van der Waals surface area contributed by atoms with Crippen LogP contribution in [0.2, 0.25) is 0 Å². The Kier molecular flexibility index (Phi) is 4.63. The molecule has 1 heterocycles. The fraction of sp³-hybridized carbons (Fsp3) is 0.500. The van der Waals surface area contributed by atoms with Crippen molar-refractivity contribution in [1.29, 1.82) is 0 Å². The molecule has 1 aromatic rings. The summed E-state index contributed by atoms with van der Waals surface area (Å²) >= 11 is 0. The van der Waals surface area contributed by atoms with E-state index >= 15 is 0 Å². The second-order valence-electron chi connectivity index (χ2n) is 4.83. The molecule has 1 aliphatic rings. The van der Waals surface area contributed by atoms with E-state index in [2.05, 4.69) is 17.6 Å². The molecule has 0 aliphatic carbocycles. The number of primary amides is 1. The molecule has 0 spiro atoms. The van der Waals surface area contributed by atoms with Crippen LogP contribution in [0.5, 0.6) is 0 Å². The van der Waals surface area contributed by atoms with Crippen LogP contribution in [0.4, 0.5) is 16.2 Å². The lowest BCUT2D eigenvalue weighted by Gasteiger charge is -2.30. The summed E-state index contributed by atoms with van der Waals surface area (Å²) in [5, 5.41) is 6.04. The predicted molar refractivity (Wildman–Crippen MR) is 76.3 cm³/mol. The van der Waals surface area contributed by atoms with Crippen LogP contribution in [0.1, 0.15) is 26.2 Å². The van der Waals surface area contributed by atoms with Gasteiger partial charge in [0.15, 0.2) is 0 Å². The zero-order valence-electron chi connectivity index (χ0n) is 11.2. The van der Waals surface area contributed by atoms with E-state index in [1.165, 1.54) is 0 Å². The lowest BCUT2D eigenvalue weighted by atomic mass is 10.0. The van der Waals surface area contributed by atoms with Crippen molar-refractivity contribution >= 4 is 17.4 Å². The topological polar surface area (TPSA) is 76.4 Å². The summed E-state index contributed by atoms with van der Waals surface area (Å²) < 4.78 is 5.66. The molecule has 0 radical (unpaired) electrons. The van der Waals surface area contributed by atoms with Gasteiger partial charge in [-0.2, -0.15) is 0 Å². The SMILES string of the molecule is CCC1CC(Nc2ccc(NC(N)=O)cc2)CCO1. The van der Waals surface area contributed by atoms with Crippen molar-refractivity contribution in [2.75, 3.05) is 17.2 Å². The Bertz CT molecular complexity index is 419. The van der Waals surface area contributed by atoms with Gasteiger partial charge in [-0.15, -0.1) is 0 Å². The highest BCUT2D eigenvalue weighted by atomic mass is 16.5. The lowest BCUT2D eigenvalue weighted by Crippen LogP contribution is -2.33. The average Bonchev–Trinajstić information content (AvgIpc) is 2.41. The van der Waals surface area contributed by atoms with Gasteiger partial charge in [0.1, 0.15) is 0 Å². The van der Waals surface area contributed by atoms with E-state index in [1.54, 1.807) is 0 Å². The molecule has 104 valence electrons. The summed E-state index contributed by atoms with van der Waals surface area (Å²) in [7, 11) is 0. The van der Waals surface area contributed by atoms with Crippen LogP contribution in [0.15, 0.2) is 24.3 Å². The number of nitrogens with two attached hydrogens (primary N) is 1. The number of hydrogen-bond donors (Lipinski definition) is 3. The molecule has 0 saturated carbocycles. The zero-order valence-corrected chi connectivity index (χ0v) is 11.2. The minimum Gasteiger partial charge on any atom is -0.382 e. The second-order valence-corrected chi connectivity index (χ2v) is 4.83. The molecular weight excluding hydrogens is 242 g/mol. The van der Waals surface area contributed by atoms with Crippen molar-refractivity contribution in [3.63, 3.8) is 0 Å². The minimum absolute atomic E-state index is 0.363. The number of carbonyl (C=O) groups excluding carboxylic acids is 1. The van der Waals surface area contributed by atoms with Gasteiger partial charge in [0.05, 0.1) is 6.10 Å². The van der Waals surface area contributed by atoms with Crippen LogP contribution in [-0.2, 0) is 4.74 Å². The Morgan fingerprint density at radius 1 is 1.37 bits per heavy atom. The maximum atomic E-state index is 10.7. The van der Waals surface area contributed by atoms with Gasteiger partial charge < -0.3 is 21.1 Å². The van der Waals surface area contributed by atoms with E-state index < -0.39 is 6.03 Å². The van der Waals surface area contributed by atoms with Crippen molar-refractivity contribution in [3.8, 4) is 0 Å². The number of hydrogen-bond acceptors (Lipinski definition) is 3. The van der Waals surface area contributed by atoms with Gasteiger partial charge in [0.25, 0.3) is 0 Å². The third-order valence-corrected chi connectivity index (χ3v) is 3.35. The summed E-state index contributed by atoms with van der Waals surface area (Å²) in [6.07, 6.45) is 3.48. The predicted octanol–water partition coefficient (Wildman–Crippen LogP) is 2.55. The van der Waals surface area contributed by atoms with Crippen LogP contribution in [0.25, 0.3) is 0 Å². The van der Waals surface area contributed by atoms with Crippen molar-refractivity contribution < 1.29 is 9.53 Å². The Balaban J connectivity index is 1.90. The van der Waals surface area contributed by atoms with Crippen LogP contribution in [0, 0.1) is 0 Å². The third kappa shape index (κ3) is 4.13. The number of ether oxygens (including phenoxy) is 1. The van der Waals surface area contributed by atoms with E-state index in [1.807, 2.05) is 24.3 Å². The van der Waals surface area contributed by atoms with Gasteiger partial charge >= 0.3 is 6.03 Å². The fourth-order valence-electron chi connectivity index (χ4n) is 2.32. The van der Waals surface area contributed by atoms with Gasteiger partial charge in [-0.3, -0.25) is 0 Å². The van der Waals surface area contributed by atoms with Crippen molar-refractivity contribution in [1.82, 2.24) is 0 Å². The molecule has 5 nitrogen and oxygen atoms in total. The number of rotatable bonds is 4. The summed E-state index contributed by atoms with van der Waals surface area (Å²) in [6, 6.07) is 7.47. The first kappa shape index (κ1) is 13.7. The van der Waals surface area contributed by atoms with Crippen molar-refractivity contribution in [2.24, 2.45) is 5.73 Å². The van der Waals surface area contributed by atoms with Gasteiger partial charge in [-0.25, -0.2) is 4.79 Å². The number of urea groups is 1. The first-order chi connectivity index (χ1) is 9.17. The third-order valence-electron chi connectivity index (χ3n) is 3.35. The maximum Gasteiger partial charge on any atom is 0.316 e. The van der Waals surface area contributed by atoms with E-state index in [0.29, 0.717) is 17.8 Å². The molecule has 2 rings (SSSR count). The molecule has 0 bridgehead atoms. The Morgan fingerprint density at radius 3 is 2.68 bits per heavy atom. The summed E-state index contributed by atoms with van der Waals surface area (Å²) in [5.41, 5.74) is 6.82. The molecule has 2 amide bonds. The lowest BCUT2D eigenvalue weighted by molar-refractivity contribution is 0.00925. The summed E-state index contributed by atoms with van der Waals surface area (Å²) in [4.78, 5) is 10.7. The fourth-order valence-corrected chi connectivity index (χ4v) is 2.32. The largest absolute Gasteiger partial charge is 0.382 e. The number of anilines is 2. The van der Waals surface area contributed by atoms with Crippen LogP contribution in [-0.4, -0.2) is 24.8 Å². The molecule has 1 aromatic carbocycles. The Hall–Kier alpha value is -1.75. The van der Waals surface area contributed by atoms with E-state index in [4.69, 9.17) is 10.5 Å². The number of benzene rings is 1. The quantitative estimate of drug-likeness (QED) is 0.781. The molecule has 1 aliphatic heterocycles. The maximum absolute atomic E-state index is 10.7. The van der Waals surface area contributed by atoms with Gasteiger partial charge in [0.2, 0.25) is 0 Å². The molecule has 2 atom stereocenters. The highest BCUT2D eigenvalue weighted by molar-refractivity contribution is 5.87. The molecule has 1 saturated heterocycles. The monoisotopic (exact) mass is 263 g/mol. The molecule has 5 heteroatoms. The first-order valence-electron chi connectivity index (χ1n) is 6.72. The number of amides is 2. The van der Waals surface area contributed by atoms with Gasteiger partial charge in [0, 0.05) is 24.0 Å².